The normalized spacial score (nSPS) is 11.2. The van der Waals surface area contributed by atoms with E-state index in [2.05, 4.69) is 6.92 Å². The summed E-state index contributed by atoms with van der Waals surface area (Å²) in [5.74, 6) is -0.0967. The predicted octanol–water partition coefficient (Wildman–Crippen LogP) is 5.26. The Kier molecular flexibility index (Phi) is 14.9. The van der Waals surface area contributed by atoms with Crippen molar-refractivity contribution in [2.75, 3.05) is 14.2 Å². The molecule has 0 aromatic heterocycles. The molecule has 3 nitrogen and oxygen atoms in total. The molecular formula is C18H35NO2. The minimum Gasteiger partial charge on any atom is -0.274 e. The monoisotopic (exact) mass is 297 g/mol. The van der Waals surface area contributed by atoms with Gasteiger partial charge in [-0.25, -0.2) is 5.06 Å². The van der Waals surface area contributed by atoms with Crippen LogP contribution in [0.4, 0.5) is 0 Å². The van der Waals surface area contributed by atoms with Crippen LogP contribution >= 0.6 is 0 Å². The Hall–Kier alpha value is -0.830. The third-order valence-electron chi connectivity index (χ3n) is 3.82. The third-order valence-corrected chi connectivity index (χ3v) is 3.82. The second-order valence-corrected chi connectivity index (χ2v) is 5.74. The molecular weight excluding hydrogens is 262 g/mol. The van der Waals surface area contributed by atoms with Crippen molar-refractivity contribution in [1.82, 2.24) is 5.06 Å². The maximum Gasteiger partial charge on any atom is 0.269 e. The molecule has 0 aromatic carbocycles. The van der Waals surface area contributed by atoms with Crippen LogP contribution in [-0.2, 0) is 9.63 Å². The highest BCUT2D eigenvalue weighted by Gasteiger charge is 2.00. The standard InChI is InChI=1S/C18H35NO2/c1-4-5-6-7-8-9-10-11-12-13-14-15-16-17-18(20)19(2)21-3/h16-17H,4-15H2,1-3H3/b17-16+. The zero-order valence-corrected chi connectivity index (χ0v) is 14.4. The van der Waals surface area contributed by atoms with E-state index in [-0.39, 0.29) is 5.91 Å². The number of likely N-dealkylation sites (N-methyl/N-ethyl adjacent to an activating group) is 1. The van der Waals surface area contributed by atoms with Crippen molar-refractivity contribution < 1.29 is 9.63 Å². The molecule has 0 aliphatic rings. The van der Waals surface area contributed by atoms with Crippen LogP contribution < -0.4 is 0 Å². The lowest BCUT2D eigenvalue weighted by molar-refractivity contribution is -0.162. The summed E-state index contributed by atoms with van der Waals surface area (Å²) in [5.41, 5.74) is 0. The van der Waals surface area contributed by atoms with Crippen LogP contribution in [0.2, 0.25) is 0 Å². The summed E-state index contributed by atoms with van der Waals surface area (Å²) in [6.45, 7) is 2.26. The quantitative estimate of drug-likeness (QED) is 0.248. The molecule has 0 atom stereocenters. The summed E-state index contributed by atoms with van der Waals surface area (Å²) in [6, 6.07) is 0. The maximum atomic E-state index is 11.4. The molecule has 1 amide bonds. The molecule has 0 fully saturated rings. The largest absolute Gasteiger partial charge is 0.274 e. The van der Waals surface area contributed by atoms with Gasteiger partial charge in [0.05, 0.1) is 7.11 Å². The lowest BCUT2D eigenvalue weighted by atomic mass is 10.1. The Morgan fingerprint density at radius 2 is 1.38 bits per heavy atom. The first-order valence-corrected chi connectivity index (χ1v) is 8.70. The number of hydroxylamine groups is 2. The molecule has 124 valence electrons. The molecule has 0 heterocycles. The number of nitrogens with zero attached hydrogens (tertiary/aromatic N) is 1. The highest BCUT2D eigenvalue weighted by molar-refractivity contribution is 5.86. The van der Waals surface area contributed by atoms with Gasteiger partial charge in [0.1, 0.15) is 0 Å². The fourth-order valence-electron chi connectivity index (χ4n) is 2.31. The van der Waals surface area contributed by atoms with E-state index in [1.54, 1.807) is 13.1 Å². The zero-order chi connectivity index (χ0) is 15.8. The molecule has 0 saturated carbocycles. The van der Waals surface area contributed by atoms with Crippen LogP contribution in [0.1, 0.15) is 84.0 Å². The van der Waals surface area contributed by atoms with Crippen molar-refractivity contribution in [3.8, 4) is 0 Å². The van der Waals surface area contributed by atoms with E-state index in [1.165, 1.54) is 82.8 Å². The zero-order valence-electron chi connectivity index (χ0n) is 14.4. The summed E-state index contributed by atoms with van der Waals surface area (Å²) in [5, 5.41) is 1.23. The van der Waals surface area contributed by atoms with E-state index in [4.69, 9.17) is 4.84 Å². The van der Waals surface area contributed by atoms with Crippen molar-refractivity contribution in [3.05, 3.63) is 12.2 Å². The van der Waals surface area contributed by atoms with Gasteiger partial charge < -0.3 is 0 Å². The number of carbonyl (C=O) groups is 1. The van der Waals surface area contributed by atoms with Crippen LogP contribution in [0, 0.1) is 0 Å². The highest BCUT2D eigenvalue weighted by Crippen LogP contribution is 2.12. The van der Waals surface area contributed by atoms with Crippen LogP contribution in [0.25, 0.3) is 0 Å². The first kappa shape index (κ1) is 20.2. The van der Waals surface area contributed by atoms with Gasteiger partial charge >= 0.3 is 0 Å². The molecule has 0 saturated heterocycles. The van der Waals surface area contributed by atoms with E-state index >= 15 is 0 Å². The lowest BCUT2D eigenvalue weighted by Gasteiger charge is -2.09. The van der Waals surface area contributed by atoms with Gasteiger partial charge in [-0.3, -0.25) is 9.63 Å². The number of hydrogen-bond donors (Lipinski definition) is 0. The van der Waals surface area contributed by atoms with Crippen LogP contribution in [-0.4, -0.2) is 25.1 Å². The molecule has 0 spiro atoms. The molecule has 21 heavy (non-hydrogen) atoms. The third kappa shape index (κ3) is 13.9. The van der Waals surface area contributed by atoms with Crippen molar-refractivity contribution in [2.45, 2.75) is 84.0 Å². The average molecular weight is 297 g/mol. The van der Waals surface area contributed by atoms with E-state index in [9.17, 15) is 4.79 Å². The van der Waals surface area contributed by atoms with E-state index in [0.29, 0.717) is 0 Å². The Morgan fingerprint density at radius 1 is 0.905 bits per heavy atom. The molecule has 0 aromatic rings. The van der Waals surface area contributed by atoms with Gasteiger partial charge in [-0.2, -0.15) is 0 Å². The number of hydrogen-bond acceptors (Lipinski definition) is 2. The summed E-state index contributed by atoms with van der Waals surface area (Å²) < 4.78 is 0. The fraction of sp³-hybridized carbons (Fsp3) is 0.833. The summed E-state index contributed by atoms with van der Waals surface area (Å²) in [7, 11) is 3.12. The Bertz CT molecular complexity index is 264. The second-order valence-electron chi connectivity index (χ2n) is 5.74. The molecule has 0 rings (SSSR count). The number of unbranched alkanes of at least 4 members (excludes halogenated alkanes) is 11. The smallest absolute Gasteiger partial charge is 0.269 e. The van der Waals surface area contributed by atoms with Gasteiger partial charge in [-0.15, -0.1) is 0 Å². The fourth-order valence-corrected chi connectivity index (χ4v) is 2.31. The van der Waals surface area contributed by atoms with Crippen molar-refractivity contribution in [3.63, 3.8) is 0 Å². The maximum absolute atomic E-state index is 11.4. The minimum atomic E-state index is -0.0967. The van der Waals surface area contributed by atoms with Gasteiger partial charge in [0.15, 0.2) is 0 Å². The van der Waals surface area contributed by atoms with Crippen molar-refractivity contribution in [1.29, 1.82) is 0 Å². The van der Waals surface area contributed by atoms with E-state index in [0.717, 1.165) is 6.42 Å². The molecule has 0 unspecified atom stereocenters. The molecule has 0 aliphatic carbocycles. The summed E-state index contributed by atoms with van der Waals surface area (Å²) in [4.78, 5) is 16.2. The molecule has 0 radical (unpaired) electrons. The summed E-state index contributed by atoms with van der Waals surface area (Å²) in [6.07, 6.45) is 19.5. The number of allylic oxidation sites excluding steroid dienone is 1. The lowest BCUT2D eigenvalue weighted by Crippen LogP contribution is -2.22. The van der Waals surface area contributed by atoms with Crippen LogP contribution in [0.15, 0.2) is 12.2 Å². The highest BCUT2D eigenvalue weighted by atomic mass is 16.7. The first-order valence-electron chi connectivity index (χ1n) is 8.70. The molecule has 0 N–H and O–H groups in total. The van der Waals surface area contributed by atoms with Crippen LogP contribution in [0.3, 0.4) is 0 Å². The molecule has 3 heteroatoms. The number of amides is 1. The summed E-state index contributed by atoms with van der Waals surface area (Å²) >= 11 is 0. The van der Waals surface area contributed by atoms with E-state index < -0.39 is 0 Å². The predicted molar refractivity (Wildman–Crippen MR) is 90.0 cm³/mol. The SMILES string of the molecule is CCCCCCCCCCCCC/C=C/C(=O)N(C)OC. The topological polar surface area (TPSA) is 29.5 Å². The van der Waals surface area contributed by atoms with Crippen molar-refractivity contribution >= 4 is 5.91 Å². The Morgan fingerprint density at radius 3 is 1.86 bits per heavy atom. The van der Waals surface area contributed by atoms with Gasteiger partial charge in [-0.1, -0.05) is 77.2 Å². The van der Waals surface area contributed by atoms with Crippen molar-refractivity contribution in [2.24, 2.45) is 0 Å². The van der Waals surface area contributed by atoms with Gasteiger partial charge in [0.2, 0.25) is 0 Å². The number of carbonyl (C=O) groups excluding carboxylic acids is 1. The molecule has 0 bridgehead atoms. The second kappa shape index (κ2) is 15.6. The van der Waals surface area contributed by atoms with Crippen LogP contribution in [0.5, 0.6) is 0 Å². The Balaban J connectivity index is 3.22. The average Bonchev–Trinajstić information content (AvgIpc) is 2.50. The van der Waals surface area contributed by atoms with Gasteiger partial charge in [-0.05, 0) is 12.8 Å². The first-order chi connectivity index (χ1) is 10.2. The van der Waals surface area contributed by atoms with E-state index in [1.807, 2.05) is 6.08 Å². The van der Waals surface area contributed by atoms with Gasteiger partial charge in [0, 0.05) is 13.1 Å². The van der Waals surface area contributed by atoms with Gasteiger partial charge in [0.25, 0.3) is 5.91 Å². The molecule has 0 aliphatic heterocycles. The minimum absolute atomic E-state index is 0.0967. The Labute approximate surface area is 131 Å². The number of rotatable bonds is 14.